The van der Waals surface area contributed by atoms with Crippen molar-refractivity contribution in [2.24, 2.45) is 0 Å². The van der Waals surface area contributed by atoms with Crippen LogP contribution in [0.25, 0.3) is 0 Å². The van der Waals surface area contributed by atoms with Crippen LogP contribution in [0.15, 0.2) is 48.5 Å². The van der Waals surface area contributed by atoms with Crippen LogP contribution in [0.2, 0.25) is 0 Å². The minimum atomic E-state index is -0.348. The molecule has 28 heavy (non-hydrogen) atoms. The number of nitrogens with zero attached hydrogens (tertiary/aromatic N) is 1. The molecular formula is C23H30N2O3. The second kappa shape index (κ2) is 10.6. The maximum Gasteiger partial charge on any atom is 0.337 e. The molecule has 0 fully saturated rings. The van der Waals surface area contributed by atoms with Gasteiger partial charge in [0.25, 0.3) is 5.91 Å². The lowest BCUT2D eigenvalue weighted by Gasteiger charge is -2.24. The van der Waals surface area contributed by atoms with Crippen LogP contribution in [0, 0.1) is 0 Å². The quantitative estimate of drug-likeness (QED) is 0.672. The largest absolute Gasteiger partial charge is 0.465 e. The lowest BCUT2D eigenvalue weighted by molar-refractivity contribution is 0.0600. The Hall–Kier alpha value is -2.66. The first-order valence-corrected chi connectivity index (χ1v) is 9.73. The molecule has 0 saturated carbocycles. The SMILES string of the molecule is CCN(Cc1ccc(C(=O)NCCc2ccc(C(=O)OC)cc2)cc1)C(C)C. The van der Waals surface area contributed by atoms with Gasteiger partial charge in [0.05, 0.1) is 12.7 Å². The Bertz CT molecular complexity index is 767. The number of hydrogen-bond donors (Lipinski definition) is 1. The number of amides is 1. The Kier molecular flexibility index (Phi) is 8.20. The summed E-state index contributed by atoms with van der Waals surface area (Å²) in [6.07, 6.45) is 0.700. The summed E-state index contributed by atoms with van der Waals surface area (Å²) in [5, 5.41) is 2.94. The number of nitrogens with one attached hydrogen (secondary N) is 1. The molecule has 0 atom stereocenters. The minimum absolute atomic E-state index is 0.0751. The maximum absolute atomic E-state index is 12.3. The second-order valence-corrected chi connectivity index (χ2v) is 7.05. The van der Waals surface area contributed by atoms with Crippen molar-refractivity contribution in [3.05, 3.63) is 70.8 Å². The van der Waals surface area contributed by atoms with E-state index in [1.165, 1.54) is 12.7 Å². The zero-order chi connectivity index (χ0) is 20.5. The van der Waals surface area contributed by atoms with E-state index < -0.39 is 0 Å². The molecular weight excluding hydrogens is 352 g/mol. The van der Waals surface area contributed by atoms with Crippen LogP contribution in [0.1, 0.15) is 52.6 Å². The Balaban J connectivity index is 1.83. The summed E-state index contributed by atoms with van der Waals surface area (Å²) in [5.41, 5.74) is 3.45. The predicted octanol–water partition coefficient (Wildman–Crippen LogP) is 3.68. The van der Waals surface area contributed by atoms with Gasteiger partial charge in [0.1, 0.15) is 0 Å². The third-order valence-electron chi connectivity index (χ3n) is 4.81. The first-order chi connectivity index (χ1) is 13.4. The molecule has 0 aromatic heterocycles. The summed E-state index contributed by atoms with van der Waals surface area (Å²) in [5.74, 6) is -0.423. The van der Waals surface area contributed by atoms with E-state index in [1.807, 2.05) is 36.4 Å². The minimum Gasteiger partial charge on any atom is -0.465 e. The first-order valence-electron chi connectivity index (χ1n) is 9.73. The van der Waals surface area contributed by atoms with Gasteiger partial charge >= 0.3 is 5.97 Å². The van der Waals surface area contributed by atoms with Gasteiger partial charge < -0.3 is 10.1 Å². The van der Waals surface area contributed by atoms with E-state index >= 15 is 0 Å². The van der Waals surface area contributed by atoms with Crippen LogP contribution in [0.4, 0.5) is 0 Å². The van der Waals surface area contributed by atoms with Crippen molar-refractivity contribution in [1.29, 1.82) is 0 Å². The van der Waals surface area contributed by atoms with Crippen LogP contribution in [0.5, 0.6) is 0 Å². The Labute approximate surface area is 167 Å². The average Bonchev–Trinajstić information content (AvgIpc) is 2.72. The van der Waals surface area contributed by atoms with E-state index in [9.17, 15) is 9.59 Å². The lowest BCUT2D eigenvalue weighted by atomic mass is 10.1. The highest BCUT2D eigenvalue weighted by Crippen LogP contribution is 2.10. The molecule has 5 nitrogen and oxygen atoms in total. The normalized spacial score (nSPS) is 10.9. The highest BCUT2D eigenvalue weighted by atomic mass is 16.5. The zero-order valence-corrected chi connectivity index (χ0v) is 17.2. The van der Waals surface area contributed by atoms with Crippen molar-refractivity contribution < 1.29 is 14.3 Å². The molecule has 0 heterocycles. The van der Waals surface area contributed by atoms with Gasteiger partial charge in [-0.05, 0) is 62.2 Å². The molecule has 2 aromatic carbocycles. The number of carbonyl (C=O) groups is 2. The van der Waals surface area contributed by atoms with Crippen LogP contribution in [-0.2, 0) is 17.7 Å². The molecule has 2 rings (SSSR count). The third-order valence-corrected chi connectivity index (χ3v) is 4.81. The summed E-state index contributed by atoms with van der Waals surface area (Å²) in [6.45, 7) is 8.96. The van der Waals surface area contributed by atoms with Gasteiger partial charge in [-0.3, -0.25) is 9.69 Å². The molecule has 0 aliphatic carbocycles. The van der Waals surface area contributed by atoms with Crippen molar-refractivity contribution in [2.45, 2.75) is 39.8 Å². The van der Waals surface area contributed by atoms with E-state index in [4.69, 9.17) is 0 Å². The van der Waals surface area contributed by atoms with Crippen molar-refractivity contribution in [2.75, 3.05) is 20.2 Å². The smallest absolute Gasteiger partial charge is 0.337 e. The monoisotopic (exact) mass is 382 g/mol. The Morgan fingerprint density at radius 1 is 0.964 bits per heavy atom. The number of carbonyl (C=O) groups excluding carboxylic acids is 2. The third kappa shape index (κ3) is 6.20. The first kappa shape index (κ1) is 21.6. The number of hydrogen-bond acceptors (Lipinski definition) is 4. The summed E-state index contributed by atoms with van der Waals surface area (Å²) in [6, 6.07) is 15.5. The highest BCUT2D eigenvalue weighted by molar-refractivity contribution is 5.94. The summed E-state index contributed by atoms with van der Waals surface area (Å²) < 4.78 is 4.69. The zero-order valence-electron chi connectivity index (χ0n) is 17.2. The fraction of sp³-hybridized carbons (Fsp3) is 0.391. The van der Waals surface area contributed by atoms with E-state index in [1.54, 1.807) is 12.1 Å². The van der Waals surface area contributed by atoms with Gasteiger partial charge in [-0.25, -0.2) is 4.79 Å². The van der Waals surface area contributed by atoms with E-state index in [0.717, 1.165) is 18.7 Å². The molecule has 0 spiro atoms. The molecule has 1 N–H and O–H groups in total. The van der Waals surface area contributed by atoms with Gasteiger partial charge in [0, 0.05) is 24.7 Å². The second-order valence-electron chi connectivity index (χ2n) is 7.05. The van der Waals surface area contributed by atoms with Crippen LogP contribution >= 0.6 is 0 Å². The number of rotatable bonds is 9. The molecule has 150 valence electrons. The molecule has 5 heteroatoms. The summed E-state index contributed by atoms with van der Waals surface area (Å²) in [7, 11) is 1.36. The van der Waals surface area contributed by atoms with Crippen molar-refractivity contribution in [3.63, 3.8) is 0 Å². The average molecular weight is 383 g/mol. The van der Waals surface area contributed by atoms with Crippen molar-refractivity contribution in [3.8, 4) is 0 Å². The fourth-order valence-electron chi connectivity index (χ4n) is 3.00. The van der Waals surface area contributed by atoms with E-state index in [0.29, 0.717) is 30.1 Å². The Morgan fingerprint density at radius 3 is 2.07 bits per heavy atom. The van der Waals surface area contributed by atoms with Crippen LogP contribution in [0.3, 0.4) is 0 Å². The summed E-state index contributed by atoms with van der Waals surface area (Å²) in [4.78, 5) is 26.1. The standard InChI is InChI=1S/C23H30N2O3/c1-5-25(17(2)3)16-19-8-10-20(11-9-19)22(26)24-15-14-18-6-12-21(13-7-18)23(27)28-4/h6-13,17H,5,14-16H2,1-4H3,(H,24,26). The molecule has 0 bridgehead atoms. The van der Waals surface area contributed by atoms with Crippen molar-refractivity contribution in [1.82, 2.24) is 10.2 Å². The number of esters is 1. The van der Waals surface area contributed by atoms with Crippen molar-refractivity contribution >= 4 is 11.9 Å². The van der Waals surface area contributed by atoms with Gasteiger partial charge in [-0.1, -0.05) is 31.2 Å². The fourth-order valence-corrected chi connectivity index (χ4v) is 3.00. The molecule has 0 aliphatic rings. The molecule has 0 radical (unpaired) electrons. The number of benzene rings is 2. The van der Waals surface area contributed by atoms with Gasteiger partial charge in [-0.2, -0.15) is 0 Å². The predicted molar refractivity (Wildman–Crippen MR) is 111 cm³/mol. The molecule has 0 saturated heterocycles. The Morgan fingerprint density at radius 2 is 1.54 bits per heavy atom. The molecule has 0 aliphatic heterocycles. The topological polar surface area (TPSA) is 58.6 Å². The van der Waals surface area contributed by atoms with Gasteiger partial charge in [0.15, 0.2) is 0 Å². The van der Waals surface area contributed by atoms with Crippen LogP contribution in [-0.4, -0.2) is 43.0 Å². The maximum atomic E-state index is 12.3. The lowest BCUT2D eigenvalue weighted by Crippen LogP contribution is -2.30. The van der Waals surface area contributed by atoms with E-state index in [2.05, 4.69) is 35.7 Å². The molecule has 1 amide bonds. The molecule has 0 unspecified atom stereocenters. The highest BCUT2D eigenvalue weighted by Gasteiger charge is 2.09. The van der Waals surface area contributed by atoms with Crippen LogP contribution < -0.4 is 5.32 Å². The molecule has 2 aromatic rings. The van der Waals surface area contributed by atoms with Gasteiger partial charge in [0.2, 0.25) is 0 Å². The van der Waals surface area contributed by atoms with E-state index in [-0.39, 0.29) is 11.9 Å². The summed E-state index contributed by atoms with van der Waals surface area (Å²) >= 11 is 0. The number of methoxy groups -OCH3 is 1. The van der Waals surface area contributed by atoms with Gasteiger partial charge in [-0.15, -0.1) is 0 Å². The number of ether oxygens (including phenoxy) is 1.